The average molecular weight is 213 g/mol. The van der Waals surface area contributed by atoms with Crippen LogP contribution in [0.25, 0.3) is 0 Å². The summed E-state index contributed by atoms with van der Waals surface area (Å²) in [5, 5.41) is 13.5. The van der Waals surface area contributed by atoms with Crippen LogP contribution >= 0.6 is 0 Å². The molecule has 0 aromatic heterocycles. The maximum atomic E-state index is 10.0. The van der Waals surface area contributed by atoms with Gasteiger partial charge in [0.2, 0.25) is 0 Å². The van der Waals surface area contributed by atoms with Crippen molar-refractivity contribution in [3.8, 4) is 0 Å². The minimum Gasteiger partial charge on any atom is -0.386 e. The van der Waals surface area contributed by atoms with Crippen LogP contribution < -0.4 is 5.32 Å². The van der Waals surface area contributed by atoms with Crippen LogP contribution in [0.1, 0.15) is 33.1 Å². The molecule has 0 bridgehead atoms. The molecule has 1 atom stereocenters. The van der Waals surface area contributed by atoms with E-state index in [0.717, 1.165) is 18.3 Å². The summed E-state index contributed by atoms with van der Waals surface area (Å²) in [5.41, 5.74) is -0.594. The summed E-state index contributed by atoms with van der Waals surface area (Å²) in [6.07, 6.45) is 3.32. The zero-order chi connectivity index (χ0) is 10.9. The van der Waals surface area contributed by atoms with Crippen LogP contribution in [0.15, 0.2) is 0 Å². The molecule has 3 heteroatoms. The van der Waals surface area contributed by atoms with Crippen molar-refractivity contribution in [2.75, 3.05) is 19.8 Å². The number of ether oxygens (including phenoxy) is 1. The minimum atomic E-state index is -0.594. The molecular weight excluding hydrogens is 190 g/mol. The highest BCUT2D eigenvalue weighted by Gasteiger charge is 2.36. The molecular formula is C12H23NO2. The molecule has 0 radical (unpaired) electrons. The average Bonchev–Trinajstić information content (AvgIpc) is 2.49. The van der Waals surface area contributed by atoms with Gasteiger partial charge < -0.3 is 15.2 Å². The Hall–Kier alpha value is -0.120. The summed E-state index contributed by atoms with van der Waals surface area (Å²) in [5.74, 6) is 1.69. The van der Waals surface area contributed by atoms with E-state index in [0.29, 0.717) is 25.8 Å². The van der Waals surface area contributed by atoms with E-state index in [-0.39, 0.29) is 0 Å². The Morgan fingerprint density at radius 2 is 2.20 bits per heavy atom. The second kappa shape index (κ2) is 4.40. The van der Waals surface area contributed by atoms with E-state index in [9.17, 15) is 5.11 Å². The first-order chi connectivity index (χ1) is 7.09. The third-order valence-corrected chi connectivity index (χ3v) is 3.92. The summed E-state index contributed by atoms with van der Waals surface area (Å²) >= 11 is 0. The normalized spacial score (nSPS) is 40.8. The lowest BCUT2D eigenvalue weighted by Crippen LogP contribution is -2.50. The van der Waals surface area contributed by atoms with E-state index in [4.69, 9.17) is 4.74 Å². The van der Waals surface area contributed by atoms with E-state index >= 15 is 0 Å². The van der Waals surface area contributed by atoms with Crippen LogP contribution in [-0.4, -0.2) is 36.5 Å². The van der Waals surface area contributed by atoms with Gasteiger partial charge in [-0.2, -0.15) is 0 Å². The lowest BCUT2D eigenvalue weighted by molar-refractivity contribution is 0.0183. The van der Waals surface area contributed by atoms with Crippen molar-refractivity contribution in [3.05, 3.63) is 0 Å². The monoisotopic (exact) mass is 213 g/mol. The minimum absolute atomic E-state index is 0.500. The highest BCUT2D eigenvalue weighted by molar-refractivity contribution is 4.91. The predicted octanol–water partition coefficient (Wildman–Crippen LogP) is 1.16. The predicted molar refractivity (Wildman–Crippen MR) is 59.7 cm³/mol. The summed E-state index contributed by atoms with van der Waals surface area (Å²) in [4.78, 5) is 0. The van der Waals surface area contributed by atoms with E-state index in [1.807, 2.05) is 0 Å². The first-order valence-corrected chi connectivity index (χ1v) is 6.12. The van der Waals surface area contributed by atoms with Gasteiger partial charge in [0, 0.05) is 25.6 Å². The van der Waals surface area contributed by atoms with E-state index in [1.165, 1.54) is 12.8 Å². The van der Waals surface area contributed by atoms with Gasteiger partial charge in [-0.15, -0.1) is 0 Å². The van der Waals surface area contributed by atoms with Gasteiger partial charge in [0.05, 0.1) is 6.61 Å². The first-order valence-electron chi connectivity index (χ1n) is 6.12. The topological polar surface area (TPSA) is 41.5 Å². The SMILES string of the molecule is CC(C)C1CC(NCC2(O)CCOC2)C1. The van der Waals surface area contributed by atoms with Gasteiger partial charge in [-0.25, -0.2) is 0 Å². The highest BCUT2D eigenvalue weighted by Crippen LogP contribution is 2.33. The van der Waals surface area contributed by atoms with Crippen molar-refractivity contribution in [1.82, 2.24) is 5.32 Å². The van der Waals surface area contributed by atoms with E-state index in [2.05, 4.69) is 19.2 Å². The zero-order valence-corrected chi connectivity index (χ0v) is 9.83. The molecule has 1 aliphatic carbocycles. The van der Waals surface area contributed by atoms with Crippen LogP contribution in [0.5, 0.6) is 0 Å². The van der Waals surface area contributed by atoms with E-state index in [1.54, 1.807) is 0 Å². The largest absolute Gasteiger partial charge is 0.386 e. The molecule has 88 valence electrons. The second-order valence-electron chi connectivity index (χ2n) is 5.58. The molecule has 0 aromatic carbocycles. The molecule has 0 spiro atoms. The van der Waals surface area contributed by atoms with Crippen molar-refractivity contribution in [2.24, 2.45) is 11.8 Å². The molecule has 2 N–H and O–H groups in total. The number of nitrogens with one attached hydrogen (secondary N) is 1. The molecule has 2 aliphatic rings. The van der Waals surface area contributed by atoms with Crippen molar-refractivity contribution < 1.29 is 9.84 Å². The van der Waals surface area contributed by atoms with Crippen LogP contribution in [0.3, 0.4) is 0 Å². The molecule has 1 aliphatic heterocycles. The maximum Gasteiger partial charge on any atom is 0.102 e. The summed E-state index contributed by atoms with van der Waals surface area (Å²) in [6, 6.07) is 0.627. The van der Waals surface area contributed by atoms with Crippen molar-refractivity contribution in [3.63, 3.8) is 0 Å². The highest BCUT2D eigenvalue weighted by atomic mass is 16.5. The van der Waals surface area contributed by atoms with Crippen LogP contribution in [0.2, 0.25) is 0 Å². The number of rotatable bonds is 4. The molecule has 15 heavy (non-hydrogen) atoms. The lowest BCUT2D eigenvalue weighted by Gasteiger charge is -2.40. The number of aliphatic hydroxyl groups is 1. The maximum absolute atomic E-state index is 10.0. The van der Waals surface area contributed by atoms with E-state index < -0.39 is 5.60 Å². The molecule has 0 amide bonds. The Kier molecular flexibility index (Phi) is 3.33. The van der Waals surface area contributed by atoms with Gasteiger partial charge in [0.1, 0.15) is 5.60 Å². The number of hydrogen-bond acceptors (Lipinski definition) is 3. The van der Waals surface area contributed by atoms with Crippen LogP contribution in [0.4, 0.5) is 0 Å². The number of hydrogen-bond donors (Lipinski definition) is 2. The Balaban J connectivity index is 1.64. The van der Waals surface area contributed by atoms with Crippen molar-refractivity contribution in [2.45, 2.75) is 44.8 Å². The Morgan fingerprint density at radius 1 is 1.47 bits per heavy atom. The zero-order valence-electron chi connectivity index (χ0n) is 9.83. The van der Waals surface area contributed by atoms with Gasteiger partial charge in [-0.05, 0) is 24.7 Å². The fourth-order valence-corrected chi connectivity index (χ4v) is 2.44. The Labute approximate surface area is 92.2 Å². The standard InChI is InChI=1S/C12H23NO2/c1-9(2)10-5-11(6-10)13-7-12(14)3-4-15-8-12/h9-11,13-14H,3-8H2,1-2H3. The van der Waals surface area contributed by atoms with Crippen LogP contribution in [0, 0.1) is 11.8 Å². The quantitative estimate of drug-likeness (QED) is 0.736. The fraction of sp³-hybridized carbons (Fsp3) is 1.00. The molecule has 1 saturated heterocycles. The summed E-state index contributed by atoms with van der Waals surface area (Å²) < 4.78 is 5.21. The summed E-state index contributed by atoms with van der Waals surface area (Å²) in [7, 11) is 0. The third kappa shape index (κ3) is 2.71. The molecule has 1 saturated carbocycles. The van der Waals surface area contributed by atoms with Crippen molar-refractivity contribution >= 4 is 0 Å². The van der Waals surface area contributed by atoms with Gasteiger partial charge in [0.25, 0.3) is 0 Å². The molecule has 0 aromatic rings. The first kappa shape index (κ1) is 11.4. The molecule has 2 fully saturated rings. The third-order valence-electron chi connectivity index (χ3n) is 3.92. The smallest absolute Gasteiger partial charge is 0.102 e. The fourth-order valence-electron chi connectivity index (χ4n) is 2.44. The van der Waals surface area contributed by atoms with Gasteiger partial charge in [-0.3, -0.25) is 0 Å². The van der Waals surface area contributed by atoms with Crippen molar-refractivity contribution in [1.29, 1.82) is 0 Å². The lowest BCUT2D eigenvalue weighted by atomic mass is 9.73. The Bertz CT molecular complexity index is 206. The van der Waals surface area contributed by atoms with Gasteiger partial charge in [0.15, 0.2) is 0 Å². The molecule has 2 rings (SSSR count). The molecule has 1 unspecified atom stereocenters. The summed E-state index contributed by atoms with van der Waals surface area (Å²) in [6.45, 7) is 6.48. The Morgan fingerprint density at radius 3 is 2.73 bits per heavy atom. The molecule has 3 nitrogen and oxygen atoms in total. The molecule has 1 heterocycles. The van der Waals surface area contributed by atoms with Gasteiger partial charge in [-0.1, -0.05) is 13.8 Å². The van der Waals surface area contributed by atoms with Gasteiger partial charge >= 0.3 is 0 Å². The van der Waals surface area contributed by atoms with Crippen LogP contribution in [-0.2, 0) is 4.74 Å². The second-order valence-corrected chi connectivity index (χ2v) is 5.58.